The molecule has 48 heavy (non-hydrogen) atoms. The minimum atomic E-state index is -3.04. The second-order valence-electron chi connectivity index (χ2n) is 10.1. The summed E-state index contributed by atoms with van der Waals surface area (Å²) in [6.45, 7) is -3.04. The van der Waals surface area contributed by atoms with E-state index in [1.54, 1.807) is 18.2 Å². The SMILES string of the molecule is COc1ccc(C(=O)/C=C(\NB(c2c(F)c(F)c(F)c(F)c2F)c2c(F)c(F)c(F)c(F)c2F)c2c(OC)ccc3ccccc23)cc1. The van der Waals surface area contributed by atoms with Crippen molar-refractivity contribution in [2.24, 2.45) is 0 Å². The van der Waals surface area contributed by atoms with Gasteiger partial charge in [0, 0.05) is 33.8 Å². The quantitative estimate of drug-likeness (QED) is 0.0463. The lowest BCUT2D eigenvalue weighted by molar-refractivity contribution is 0.104. The molecule has 0 radical (unpaired) electrons. The number of fused-ring (bicyclic) bond motifs is 1. The number of hydrogen-bond donors (Lipinski definition) is 1. The fraction of sp³-hybridized carbons (Fsp3) is 0.0606. The van der Waals surface area contributed by atoms with Gasteiger partial charge in [0.25, 0.3) is 0 Å². The van der Waals surface area contributed by atoms with Gasteiger partial charge in [-0.3, -0.25) is 4.79 Å². The molecule has 0 fully saturated rings. The number of ketones is 1. The normalized spacial score (nSPS) is 11.5. The van der Waals surface area contributed by atoms with Gasteiger partial charge in [-0.15, -0.1) is 0 Å². The number of methoxy groups -OCH3 is 2. The molecule has 246 valence electrons. The first-order chi connectivity index (χ1) is 22.8. The summed E-state index contributed by atoms with van der Waals surface area (Å²) in [7, 11) is 2.52. The van der Waals surface area contributed by atoms with Gasteiger partial charge in [0.2, 0.25) is 0 Å². The number of allylic oxidation sites excluding steroid dienone is 1. The van der Waals surface area contributed by atoms with E-state index in [1.165, 1.54) is 56.7 Å². The molecule has 0 unspecified atom stereocenters. The van der Waals surface area contributed by atoms with Crippen LogP contribution in [0.5, 0.6) is 11.5 Å². The number of hydrogen-bond acceptors (Lipinski definition) is 4. The molecule has 0 atom stereocenters. The van der Waals surface area contributed by atoms with Crippen molar-refractivity contribution in [1.82, 2.24) is 5.23 Å². The van der Waals surface area contributed by atoms with Crippen LogP contribution in [0.3, 0.4) is 0 Å². The van der Waals surface area contributed by atoms with E-state index in [1.807, 2.05) is 0 Å². The van der Waals surface area contributed by atoms with Gasteiger partial charge < -0.3 is 14.7 Å². The van der Waals surface area contributed by atoms with Crippen LogP contribution < -0.4 is 25.6 Å². The van der Waals surface area contributed by atoms with Crippen molar-refractivity contribution in [1.29, 1.82) is 0 Å². The Morgan fingerprint density at radius 1 is 0.604 bits per heavy atom. The molecule has 0 spiro atoms. The van der Waals surface area contributed by atoms with Gasteiger partial charge >= 0.3 is 6.85 Å². The third-order valence-corrected chi connectivity index (χ3v) is 7.39. The van der Waals surface area contributed by atoms with Crippen LogP contribution >= 0.6 is 0 Å². The fourth-order valence-electron chi connectivity index (χ4n) is 5.05. The number of rotatable bonds is 9. The first kappa shape index (κ1) is 33.9. The number of halogens is 10. The maximum atomic E-state index is 15.3. The van der Waals surface area contributed by atoms with E-state index in [0.717, 1.165) is 6.08 Å². The van der Waals surface area contributed by atoms with Crippen LogP contribution in [0.15, 0.2) is 66.7 Å². The number of benzene rings is 5. The van der Waals surface area contributed by atoms with E-state index in [9.17, 15) is 31.1 Å². The Hall–Kier alpha value is -5.47. The molecule has 5 rings (SSSR count). The lowest BCUT2D eigenvalue weighted by atomic mass is 9.49. The molecule has 4 nitrogen and oxygen atoms in total. The molecule has 0 aliphatic carbocycles. The first-order valence-electron chi connectivity index (χ1n) is 13.6. The summed E-state index contributed by atoms with van der Waals surface area (Å²) in [6.07, 6.45) is 0.733. The van der Waals surface area contributed by atoms with Gasteiger partial charge in [-0.25, -0.2) is 43.9 Å². The van der Waals surface area contributed by atoms with E-state index in [2.05, 4.69) is 5.23 Å². The molecular formula is C33H18BF10NO3. The third-order valence-electron chi connectivity index (χ3n) is 7.39. The summed E-state index contributed by atoms with van der Waals surface area (Å²) in [4.78, 5) is 13.6. The van der Waals surface area contributed by atoms with E-state index in [4.69, 9.17) is 9.47 Å². The Morgan fingerprint density at radius 2 is 1.08 bits per heavy atom. The predicted molar refractivity (Wildman–Crippen MR) is 156 cm³/mol. The van der Waals surface area contributed by atoms with Gasteiger partial charge in [-0.05, 0) is 41.1 Å². The van der Waals surface area contributed by atoms with Crippen molar-refractivity contribution in [3.05, 3.63) is 136 Å². The third kappa shape index (κ3) is 5.80. The highest BCUT2D eigenvalue weighted by Gasteiger charge is 2.41. The van der Waals surface area contributed by atoms with Gasteiger partial charge in [-0.2, -0.15) is 0 Å². The molecule has 0 bridgehead atoms. The molecule has 1 N–H and O–H groups in total. The maximum absolute atomic E-state index is 15.3. The van der Waals surface area contributed by atoms with Gasteiger partial charge in [-0.1, -0.05) is 30.3 Å². The van der Waals surface area contributed by atoms with E-state index in [-0.39, 0.29) is 22.3 Å². The van der Waals surface area contributed by atoms with Crippen LogP contribution in [-0.4, -0.2) is 26.9 Å². The van der Waals surface area contributed by atoms with Gasteiger partial charge in [0.05, 0.1) is 14.2 Å². The van der Waals surface area contributed by atoms with E-state index in [0.29, 0.717) is 11.1 Å². The fourth-order valence-corrected chi connectivity index (χ4v) is 5.05. The molecule has 5 aromatic rings. The Balaban J connectivity index is 1.88. The molecule has 0 aliphatic rings. The Bertz CT molecular complexity index is 2000. The predicted octanol–water partition coefficient (Wildman–Crippen LogP) is 6.87. The summed E-state index contributed by atoms with van der Waals surface area (Å²) in [5, 5.41) is 2.82. The van der Waals surface area contributed by atoms with Gasteiger partial charge in [0.15, 0.2) is 64.0 Å². The second kappa shape index (κ2) is 13.3. The maximum Gasteiger partial charge on any atom is 0.333 e. The van der Waals surface area contributed by atoms with E-state index >= 15 is 17.6 Å². The molecule has 0 aromatic heterocycles. The first-order valence-corrected chi connectivity index (χ1v) is 13.6. The Kier molecular flexibility index (Phi) is 9.41. The lowest BCUT2D eigenvalue weighted by Gasteiger charge is -2.24. The number of carbonyl (C=O) groups excluding carboxylic acids is 1. The van der Waals surface area contributed by atoms with Crippen molar-refractivity contribution >= 4 is 40.0 Å². The molecule has 0 saturated heterocycles. The summed E-state index contributed by atoms with van der Waals surface area (Å²) in [6, 6.07) is 14.4. The highest BCUT2D eigenvalue weighted by Crippen LogP contribution is 2.34. The zero-order chi connectivity index (χ0) is 35.0. The molecular weight excluding hydrogens is 659 g/mol. The molecule has 0 saturated carbocycles. The number of carbonyl (C=O) groups is 1. The van der Waals surface area contributed by atoms with Crippen molar-refractivity contribution in [2.75, 3.05) is 14.2 Å². The smallest absolute Gasteiger partial charge is 0.333 e. The molecule has 0 heterocycles. The van der Waals surface area contributed by atoms with Crippen molar-refractivity contribution in [3.63, 3.8) is 0 Å². The summed E-state index contributed by atoms with van der Waals surface area (Å²) >= 11 is 0. The average Bonchev–Trinajstić information content (AvgIpc) is 3.10. The number of ether oxygens (including phenoxy) is 2. The summed E-state index contributed by atoms with van der Waals surface area (Å²) in [5.41, 5.74) is -4.89. The highest BCUT2D eigenvalue weighted by atomic mass is 19.2. The Morgan fingerprint density at radius 3 is 1.56 bits per heavy atom. The minimum Gasteiger partial charge on any atom is -0.497 e. The van der Waals surface area contributed by atoms with Crippen LogP contribution in [0.4, 0.5) is 43.9 Å². The topological polar surface area (TPSA) is 47.6 Å². The molecule has 0 aliphatic heterocycles. The van der Waals surface area contributed by atoms with Crippen LogP contribution in [0, 0.1) is 58.2 Å². The van der Waals surface area contributed by atoms with E-state index < -0.39 is 87.4 Å². The van der Waals surface area contributed by atoms with Crippen molar-refractivity contribution in [2.45, 2.75) is 0 Å². The highest BCUT2D eigenvalue weighted by molar-refractivity contribution is 6.84. The van der Waals surface area contributed by atoms with Crippen LogP contribution in [-0.2, 0) is 0 Å². The molecule has 0 amide bonds. The van der Waals surface area contributed by atoms with Gasteiger partial charge in [0.1, 0.15) is 11.5 Å². The summed E-state index contributed by atoms with van der Waals surface area (Å²) < 4.78 is 158. The van der Waals surface area contributed by atoms with Crippen molar-refractivity contribution < 1.29 is 58.2 Å². The largest absolute Gasteiger partial charge is 0.497 e. The monoisotopic (exact) mass is 677 g/mol. The Labute approximate surface area is 265 Å². The zero-order valence-electron chi connectivity index (χ0n) is 24.4. The molecule has 5 aromatic carbocycles. The van der Waals surface area contributed by atoms with Crippen LogP contribution in [0.25, 0.3) is 16.5 Å². The van der Waals surface area contributed by atoms with Crippen molar-refractivity contribution in [3.8, 4) is 11.5 Å². The standard InChI is InChI=1S/C33H18BF10NO3/c1-47-16-10-7-15(8-11-16)19(46)13-18(21-17-6-4-3-5-14(17)9-12-20(21)48-2)45-34(22-24(35)28(39)32(43)29(40)25(22)36)23-26(37)30(41)33(44)31(42)27(23)38/h3-13,45H,1-2H3/b18-13-. The van der Waals surface area contributed by atoms with Crippen LogP contribution in [0.1, 0.15) is 15.9 Å². The average molecular weight is 677 g/mol. The lowest BCUT2D eigenvalue weighted by Crippen LogP contribution is -2.59. The summed E-state index contributed by atoms with van der Waals surface area (Å²) in [5.74, 6) is -26.9. The molecule has 15 heteroatoms. The second-order valence-corrected chi connectivity index (χ2v) is 10.1. The minimum absolute atomic E-state index is 0.0571. The van der Waals surface area contributed by atoms with Crippen LogP contribution in [0.2, 0.25) is 0 Å². The number of nitrogens with one attached hydrogen (secondary N) is 1. The zero-order valence-corrected chi connectivity index (χ0v) is 24.4.